The maximum absolute atomic E-state index is 12.8. The number of aromatic nitrogens is 1. The molecule has 0 saturated carbocycles. The molecule has 0 aliphatic heterocycles. The van der Waals surface area contributed by atoms with E-state index in [4.69, 9.17) is 0 Å². The van der Waals surface area contributed by atoms with E-state index in [9.17, 15) is 25.3 Å². The molecule has 1 atom stereocenters. The Kier molecular flexibility index (Phi) is 5.81. The summed E-state index contributed by atoms with van der Waals surface area (Å²) in [6.07, 6.45) is 3.08. The summed E-state index contributed by atoms with van der Waals surface area (Å²) in [4.78, 5) is 3.71. The molecule has 0 radical (unpaired) electrons. The first-order valence-corrected chi connectivity index (χ1v) is 12.9. The zero-order valence-corrected chi connectivity index (χ0v) is 17.6. The Bertz CT molecular complexity index is 1140. The summed E-state index contributed by atoms with van der Waals surface area (Å²) in [7, 11) is -9.42. The standard InChI is InChI=1S/C16H20N2O6S3/c1-12(13-5-7-14(8-6-13)25(3,19)20)18(2)27(23,24)15-9-10-16(17-11-15)26(4,21)22/h5-12H,1-4H3. The van der Waals surface area contributed by atoms with E-state index in [-0.39, 0.29) is 14.8 Å². The fourth-order valence-corrected chi connectivity index (χ4v) is 4.80. The van der Waals surface area contributed by atoms with Crippen molar-refractivity contribution in [3.63, 3.8) is 0 Å². The van der Waals surface area contributed by atoms with Crippen LogP contribution in [0.2, 0.25) is 0 Å². The van der Waals surface area contributed by atoms with Gasteiger partial charge in [0.05, 0.1) is 4.90 Å². The molecule has 2 aromatic rings. The third kappa shape index (κ3) is 4.72. The summed E-state index contributed by atoms with van der Waals surface area (Å²) >= 11 is 0. The first-order valence-electron chi connectivity index (χ1n) is 7.69. The van der Waals surface area contributed by atoms with E-state index in [1.807, 2.05) is 0 Å². The molecule has 1 heterocycles. The van der Waals surface area contributed by atoms with Crippen molar-refractivity contribution in [3.05, 3.63) is 48.2 Å². The molecular formula is C16H20N2O6S3. The smallest absolute Gasteiger partial charge is 0.243 e. The van der Waals surface area contributed by atoms with E-state index >= 15 is 0 Å². The predicted octanol–water partition coefficient (Wildman–Crippen LogP) is 1.27. The fraction of sp³-hybridized carbons (Fsp3) is 0.312. The number of hydrogen-bond donors (Lipinski definition) is 0. The lowest BCUT2D eigenvalue weighted by Gasteiger charge is -2.24. The highest BCUT2D eigenvalue weighted by Gasteiger charge is 2.27. The molecule has 27 heavy (non-hydrogen) atoms. The van der Waals surface area contributed by atoms with E-state index in [2.05, 4.69) is 4.98 Å². The molecule has 0 aliphatic carbocycles. The average Bonchev–Trinajstić information content (AvgIpc) is 2.59. The van der Waals surface area contributed by atoms with Gasteiger partial charge in [0, 0.05) is 31.8 Å². The average molecular weight is 433 g/mol. The van der Waals surface area contributed by atoms with Crippen LogP contribution in [0.4, 0.5) is 0 Å². The van der Waals surface area contributed by atoms with Crippen molar-refractivity contribution in [3.8, 4) is 0 Å². The first-order chi connectivity index (χ1) is 12.2. The second-order valence-electron chi connectivity index (χ2n) is 6.14. The van der Waals surface area contributed by atoms with E-state index in [0.717, 1.165) is 29.1 Å². The molecule has 148 valence electrons. The lowest BCUT2D eigenvalue weighted by Crippen LogP contribution is -2.30. The van der Waals surface area contributed by atoms with Crippen molar-refractivity contribution < 1.29 is 25.3 Å². The Hall–Kier alpha value is -1.82. The number of sulfone groups is 2. The highest BCUT2D eigenvalue weighted by atomic mass is 32.2. The van der Waals surface area contributed by atoms with Crippen LogP contribution in [0.15, 0.2) is 57.4 Å². The van der Waals surface area contributed by atoms with Crippen molar-refractivity contribution in [2.45, 2.75) is 27.8 Å². The van der Waals surface area contributed by atoms with Crippen LogP contribution in [0.3, 0.4) is 0 Å². The van der Waals surface area contributed by atoms with Gasteiger partial charge in [-0.05, 0) is 36.8 Å². The van der Waals surface area contributed by atoms with Crippen LogP contribution < -0.4 is 0 Å². The summed E-state index contributed by atoms with van der Waals surface area (Å²) < 4.78 is 72.6. The highest BCUT2D eigenvalue weighted by Crippen LogP contribution is 2.26. The lowest BCUT2D eigenvalue weighted by molar-refractivity contribution is 0.398. The maximum atomic E-state index is 12.8. The van der Waals surface area contributed by atoms with Gasteiger partial charge in [0.25, 0.3) is 0 Å². The van der Waals surface area contributed by atoms with Gasteiger partial charge >= 0.3 is 0 Å². The number of benzene rings is 1. The summed E-state index contributed by atoms with van der Waals surface area (Å²) in [5.41, 5.74) is 0.606. The van der Waals surface area contributed by atoms with Crippen LogP contribution in [-0.2, 0) is 29.7 Å². The molecule has 1 unspecified atom stereocenters. The van der Waals surface area contributed by atoms with Gasteiger partial charge in [0.2, 0.25) is 10.0 Å². The largest absolute Gasteiger partial charge is 0.244 e. The van der Waals surface area contributed by atoms with Gasteiger partial charge in [-0.15, -0.1) is 0 Å². The maximum Gasteiger partial charge on any atom is 0.244 e. The van der Waals surface area contributed by atoms with Gasteiger partial charge in [0.15, 0.2) is 24.7 Å². The predicted molar refractivity (Wildman–Crippen MR) is 100 cm³/mol. The zero-order valence-electron chi connectivity index (χ0n) is 15.2. The van der Waals surface area contributed by atoms with Crippen LogP contribution >= 0.6 is 0 Å². The fourth-order valence-electron chi connectivity index (χ4n) is 2.32. The van der Waals surface area contributed by atoms with Crippen molar-refractivity contribution in [1.82, 2.24) is 9.29 Å². The minimum Gasteiger partial charge on any atom is -0.243 e. The SMILES string of the molecule is CC(c1ccc(S(C)(=O)=O)cc1)N(C)S(=O)(=O)c1ccc(S(C)(=O)=O)nc1. The van der Waals surface area contributed by atoms with E-state index in [1.165, 1.54) is 25.2 Å². The summed E-state index contributed by atoms with van der Waals surface area (Å²) in [6.45, 7) is 1.66. The zero-order chi connectivity index (χ0) is 20.6. The second kappa shape index (κ2) is 7.30. The minimum atomic E-state index is -3.93. The Balaban J connectivity index is 2.33. The van der Waals surface area contributed by atoms with Gasteiger partial charge in [-0.1, -0.05) is 12.1 Å². The topological polar surface area (TPSA) is 119 Å². The summed E-state index contributed by atoms with van der Waals surface area (Å²) in [5.74, 6) is 0. The van der Waals surface area contributed by atoms with Gasteiger partial charge in [-0.2, -0.15) is 4.31 Å². The third-order valence-corrected chi connectivity index (χ3v) is 8.14. The van der Waals surface area contributed by atoms with E-state index in [1.54, 1.807) is 19.1 Å². The molecule has 2 rings (SSSR count). The van der Waals surface area contributed by atoms with Gasteiger partial charge < -0.3 is 0 Å². The van der Waals surface area contributed by atoms with Crippen LogP contribution in [-0.4, -0.2) is 54.1 Å². The van der Waals surface area contributed by atoms with Crippen LogP contribution in [0.1, 0.15) is 18.5 Å². The normalized spacial score (nSPS) is 14.3. The number of sulfonamides is 1. The monoisotopic (exact) mass is 432 g/mol. The van der Waals surface area contributed by atoms with Crippen LogP contribution in [0.5, 0.6) is 0 Å². The van der Waals surface area contributed by atoms with Crippen molar-refractivity contribution in [2.75, 3.05) is 19.6 Å². The molecule has 0 fully saturated rings. The first kappa shape index (κ1) is 21.5. The summed E-state index contributed by atoms with van der Waals surface area (Å²) in [5, 5.41) is -0.214. The molecule has 11 heteroatoms. The van der Waals surface area contributed by atoms with E-state index < -0.39 is 35.7 Å². The molecule has 0 amide bonds. The molecule has 1 aromatic carbocycles. The number of nitrogens with zero attached hydrogens (tertiary/aromatic N) is 2. The number of pyridine rings is 1. The lowest BCUT2D eigenvalue weighted by atomic mass is 10.1. The van der Waals surface area contributed by atoms with Crippen LogP contribution in [0, 0.1) is 0 Å². The Morgan fingerprint density at radius 3 is 1.74 bits per heavy atom. The van der Waals surface area contributed by atoms with Crippen molar-refractivity contribution >= 4 is 29.7 Å². The molecule has 0 spiro atoms. The van der Waals surface area contributed by atoms with Gasteiger partial charge in [-0.25, -0.2) is 30.2 Å². The number of hydrogen-bond acceptors (Lipinski definition) is 7. The molecule has 0 bridgehead atoms. The van der Waals surface area contributed by atoms with Crippen LogP contribution in [0.25, 0.3) is 0 Å². The molecule has 1 aromatic heterocycles. The Labute approximate surface area is 159 Å². The van der Waals surface area contributed by atoms with Gasteiger partial charge in [-0.3, -0.25) is 0 Å². The quantitative estimate of drug-likeness (QED) is 0.674. The molecule has 0 saturated heterocycles. The molecule has 0 aliphatic rings. The third-order valence-electron chi connectivity index (χ3n) is 4.10. The molecule has 0 N–H and O–H groups in total. The van der Waals surface area contributed by atoms with Crippen molar-refractivity contribution in [2.24, 2.45) is 0 Å². The highest BCUT2D eigenvalue weighted by molar-refractivity contribution is 7.91. The second-order valence-corrected chi connectivity index (χ2v) is 12.1. The number of rotatable bonds is 6. The van der Waals surface area contributed by atoms with E-state index in [0.29, 0.717) is 5.56 Å². The minimum absolute atomic E-state index is 0.142. The Morgan fingerprint density at radius 2 is 1.33 bits per heavy atom. The Morgan fingerprint density at radius 1 is 0.815 bits per heavy atom. The molecule has 8 nitrogen and oxygen atoms in total. The van der Waals surface area contributed by atoms with Gasteiger partial charge in [0.1, 0.15) is 4.90 Å². The van der Waals surface area contributed by atoms with Crippen molar-refractivity contribution in [1.29, 1.82) is 0 Å². The summed E-state index contributed by atoms with van der Waals surface area (Å²) in [6, 6.07) is 7.69. The molecular weight excluding hydrogens is 412 g/mol.